The Morgan fingerprint density at radius 3 is 2.35 bits per heavy atom. The van der Waals surface area contributed by atoms with Crippen LogP contribution in [0, 0.1) is 5.92 Å². The van der Waals surface area contributed by atoms with Gasteiger partial charge in [-0.1, -0.05) is 0 Å². The third-order valence-electron chi connectivity index (χ3n) is 4.47. The number of rotatable bonds is 6. The first-order valence-electron chi connectivity index (χ1n) is 7.56. The van der Waals surface area contributed by atoms with Crippen molar-refractivity contribution >= 4 is 5.97 Å². The van der Waals surface area contributed by atoms with Crippen LogP contribution in [-0.4, -0.2) is 50.6 Å². The summed E-state index contributed by atoms with van der Waals surface area (Å²) in [7, 11) is 3.25. The minimum absolute atomic E-state index is 0.157. The van der Waals surface area contributed by atoms with Crippen molar-refractivity contribution in [1.82, 2.24) is 5.32 Å². The van der Waals surface area contributed by atoms with E-state index in [0.717, 1.165) is 25.7 Å². The maximum Gasteiger partial charge on any atom is 0.328 e. The van der Waals surface area contributed by atoms with E-state index in [0.29, 0.717) is 12.5 Å². The van der Waals surface area contributed by atoms with Crippen LogP contribution in [0.3, 0.4) is 0 Å². The smallest absolute Gasteiger partial charge is 0.328 e. The lowest BCUT2D eigenvalue weighted by molar-refractivity contribution is -0.157. The van der Waals surface area contributed by atoms with Crippen molar-refractivity contribution in [2.75, 3.05) is 20.8 Å². The largest absolute Gasteiger partial charge is 0.468 e. The fourth-order valence-corrected chi connectivity index (χ4v) is 3.21. The third kappa shape index (κ3) is 3.32. The molecule has 1 heterocycles. The van der Waals surface area contributed by atoms with Crippen LogP contribution in [0.15, 0.2) is 0 Å². The van der Waals surface area contributed by atoms with Crippen molar-refractivity contribution in [3.63, 3.8) is 0 Å². The maximum atomic E-state index is 12.2. The van der Waals surface area contributed by atoms with Crippen molar-refractivity contribution in [3.8, 4) is 0 Å². The lowest BCUT2D eigenvalue weighted by Crippen LogP contribution is -2.57. The van der Waals surface area contributed by atoms with E-state index in [-0.39, 0.29) is 24.3 Å². The van der Waals surface area contributed by atoms with E-state index >= 15 is 0 Å². The second-order valence-electron chi connectivity index (χ2n) is 6.15. The Morgan fingerprint density at radius 2 is 1.90 bits per heavy atom. The molecule has 3 unspecified atom stereocenters. The maximum absolute atomic E-state index is 12.2. The Labute approximate surface area is 121 Å². The van der Waals surface area contributed by atoms with Gasteiger partial charge in [0.1, 0.15) is 5.54 Å². The van der Waals surface area contributed by atoms with Crippen LogP contribution in [0.2, 0.25) is 0 Å². The summed E-state index contributed by atoms with van der Waals surface area (Å²) >= 11 is 0. The summed E-state index contributed by atoms with van der Waals surface area (Å²) in [6.07, 6.45) is 4.47. The summed E-state index contributed by atoms with van der Waals surface area (Å²) in [5.74, 6) is 0.116. The van der Waals surface area contributed by atoms with Gasteiger partial charge in [0.25, 0.3) is 0 Å². The van der Waals surface area contributed by atoms with E-state index in [4.69, 9.17) is 14.2 Å². The summed E-state index contributed by atoms with van der Waals surface area (Å²) in [5.41, 5.74) is -0.681. The van der Waals surface area contributed by atoms with Crippen molar-refractivity contribution < 1.29 is 19.0 Å². The standard InChI is InChI=1S/C15H27NO4/c1-10-7-13(8-11(2)20-10)19-9-15(16-3,12-5-6-12)14(17)18-4/h10-13,16H,5-9H2,1-4H3. The minimum atomic E-state index is -0.681. The Hall–Kier alpha value is -0.650. The van der Waals surface area contributed by atoms with Gasteiger partial charge in [-0.2, -0.15) is 0 Å². The summed E-state index contributed by atoms with van der Waals surface area (Å²) in [5, 5.41) is 3.16. The molecule has 3 atom stereocenters. The predicted octanol–water partition coefficient (Wildman–Crippen LogP) is 1.50. The molecule has 5 nitrogen and oxygen atoms in total. The van der Waals surface area contributed by atoms with Gasteiger partial charge >= 0.3 is 5.97 Å². The summed E-state index contributed by atoms with van der Waals surface area (Å²) < 4.78 is 16.8. The highest BCUT2D eigenvalue weighted by Gasteiger charge is 2.51. The first-order valence-corrected chi connectivity index (χ1v) is 7.56. The zero-order valence-electron chi connectivity index (χ0n) is 13.0. The topological polar surface area (TPSA) is 56.8 Å². The first-order chi connectivity index (χ1) is 9.51. The normalized spacial score (nSPS) is 33.5. The molecule has 116 valence electrons. The van der Waals surface area contributed by atoms with Gasteiger partial charge < -0.3 is 19.5 Å². The van der Waals surface area contributed by atoms with Gasteiger partial charge in [0.2, 0.25) is 0 Å². The Balaban J connectivity index is 1.96. The highest BCUT2D eigenvalue weighted by molar-refractivity contribution is 5.82. The zero-order valence-corrected chi connectivity index (χ0v) is 13.0. The van der Waals surface area contributed by atoms with Crippen LogP contribution >= 0.6 is 0 Å². The molecular weight excluding hydrogens is 258 g/mol. The molecule has 20 heavy (non-hydrogen) atoms. The van der Waals surface area contributed by atoms with Crippen molar-refractivity contribution in [2.45, 2.75) is 63.4 Å². The van der Waals surface area contributed by atoms with Crippen LogP contribution in [0.4, 0.5) is 0 Å². The number of carbonyl (C=O) groups is 1. The predicted molar refractivity (Wildman–Crippen MR) is 75.5 cm³/mol. The molecule has 0 aromatic heterocycles. The Morgan fingerprint density at radius 1 is 1.30 bits per heavy atom. The SMILES string of the molecule is CNC(COC1CC(C)OC(C)C1)(C(=O)OC)C1CC1. The number of methoxy groups -OCH3 is 1. The second-order valence-corrected chi connectivity index (χ2v) is 6.15. The number of esters is 1. The first kappa shape index (κ1) is 15.7. The van der Waals surface area contributed by atoms with E-state index in [1.54, 1.807) is 0 Å². The van der Waals surface area contributed by atoms with Gasteiger partial charge in [0.15, 0.2) is 0 Å². The molecule has 0 radical (unpaired) electrons. The molecule has 2 rings (SSSR count). The fraction of sp³-hybridized carbons (Fsp3) is 0.933. The van der Waals surface area contributed by atoms with Crippen LogP contribution in [0.25, 0.3) is 0 Å². The number of likely N-dealkylation sites (N-methyl/N-ethyl adjacent to an activating group) is 1. The molecule has 0 aromatic rings. The second kappa shape index (κ2) is 6.41. The number of hydrogen-bond acceptors (Lipinski definition) is 5. The van der Waals surface area contributed by atoms with E-state index < -0.39 is 5.54 Å². The number of carbonyl (C=O) groups excluding carboxylic acids is 1. The van der Waals surface area contributed by atoms with Crippen molar-refractivity contribution in [1.29, 1.82) is 0 Å². The van der Waals surface area contributed by atoms with Crippen LogP contribution in [-0.2, 0) is 19.0 Å². The van der Waals surface area contributed by atoms with Crippen LogP contribution in [0.5, 0.6) is 0 Å². The Kier molecular flexibility index (Phi) is 5.04. The van der Waals surface area contributed by atoms with Gasteiger partial charge in [-0.25, -0.2) is 4.79 Å². The molecule has 1 aliphatic heterocycles. The third-order valence-corrected chi connectivity index (χ3v) is 4.47. The molecule has 1 saturated heterocycles. The highest BCUT2D eigenvalue weighted by Crippen LogP contribution is 2.41. The molecule has 1 saturated carbocycles. The highest BCUT2D eigenvalue weighted by atomic mass is 16.5. The molecule has 0 spiro atoms. The number of nitrogens with one attached hydrogen (secondary N) is 1. The minimum Gasteiger partial charge on any atom is -0.468 e. The van der Waals surface area contributed by atoms with E-state index in [9.17, 15) is 4.79 Å². The molecule has 2 fully saturated rings. The number of ether oxygens (including phenoxy) is 3. The van der Waals surface area contributed by atoms with Gasteiger partial charge in [0, 0.05) is 0 Å². The monoisotopic (exact) mass is 285 g/mol. The summed E-state index contributed by atoms with van der Waals surface area (Å²) in [6.45, 7) is 4.52. The zero-order chi connectivity index (χ0) is 14.8. The van der Waals surface area contributed by atoms with E-state index in [1.165, 1.54) is 7.11 Å². The molecule has 5 heteroatoms. The molecule has 0 amide bonds. The fourth-order valence-electron chi connectivity index (χ4n) is 3.21. The van der Waals surface area contributed by atoms with E-state index in [2.05, 4.69) is 19.2 Å². The van der Waals surface area contributed by atoms with Crippen LogP contribution < -0.4 is 5.32 Å². The average Bonchev–Trinajstić information content (AvgIpc) is 3.23. The molecule has 1 aliphatic carbocycles. The summed E-state index contributed by atoms with van der Waals surface area (Å²) in [4.78, 5) is 12.2. The Bertz CT molecular complexity index is 335. The van der Waals surface area contributed by atoms with Gasteiger partial charge in [-0.3, -0.25) is 0 Å². The molecule has 1 N–H and O–H groups in total. The van der Waals surface area contributed by atoms with E-state index in [1.807, 2.05) is 7.05 Å². The molecule has 0 aromatic carbocycles. The summed E-state index contributed by atoms with van der Waals surface area (Å²) in [6, 6.07) is 0. The molecule has 0 bridgehead atoms. The van der Waals surface area contributed by atoms with Gasteiger partial charge in [0.05, 0.1) is 32.0 Å². The van der Waals surface area contributed by atoms with Crippen LogP contribution in [0.1, 0.15) is 39.5 Å². The van der Waals surface area contributed by atoms with Crippen molar-refractivity contribution in [3.05, 3.63) is 0 Å². The lowest BCUT2D eigenvalue weighted by atomic mass is 9.94. The van der Waals surface area contributed by atoms with Crippen molar-refractivity contribution in [2.24, 2.45) is 5.92 Å². The molecule has 2 aliphatic rings. The lowest BCUT2D eigenvalue weighted by Gasteiger charge is -2.36. The molecular formula is C15H27NO4. The quantitative estimate of drug-likeness (QED) is 0.750. The average molecular weight is 285 g/mol. The van der Waals surface area contributed by atoms with Gasteiger partial charge in [-0.05, 0) is 52.5 Å². The van der Waals surface area contributed by atoms with Gasteiger partial charge in [-0.15, -0.1) is 0 Å². The number of hydrogen-bond donors (Lipinski definition) is 1.